The number of guanidine groups is 1. The third kappa shape index (κ3) is 10.7. The Balaban J connectivity index is 0.00000544. The Kier molecular flexibility index (Phi) is 15.5. The normalized spacial score (nSPS) is 14.7. The van der Waals surface area contributed by atoms with Crippen LogP contribution in [0, 0.1) is 5.92 Å². The molecule has 1 N–H and O–H groups in total. The van der Waals surface area contributed by atoms with Gasteiger partial charge in [-0.25, -0.2) is 4.99 Å². The van der Waals surface area contributed by atoms with Crippen molar-refractivity contribution in [1.82, 2.24) is 15.1 Å². The van der Waals surface area contributed by atoms with Gasteiger partial charge in [-0.05, 0) is 62.9 Å². The summed E-state index contributed by atoms with van der Waals surface area (Å²) in [5.74, 6) is 3.24. The van der Waals surface area contributed by atoms with Gasteiger partial charge in [0.15, 0.2) is 17.5 Å². The lowest BCUT2D eigenvalue weighted by Gasteiger charge is -2.27. The van der Waals surface area contributed by atoms with Crippen molar-refractivity contribution in [2.75, 3.05) is 66.7 Å². The van der Waals surface area contributed by atoms with Gasteiger partial charge in [0.1, 0.15) is 6.61 Å². The average molecular weight is 577 g/mol. The van der Waals surface area contributed by atoms with E-state index in [1.54, 1.807) is 7.11 Å². The molecule has 0 saturated carbocycles. The molecule has 0 aliphatic carbocycles. The molecule has 0 unspecified atom stereocenters. The van der Waals surface area contributed by atoms with Crippen LogP contribution in [-0.2, 0) is 11.3 Å². The highest BCUT2D eigenvalue weighted by molar-refractivity contribution is 14.0. The summed E-state index contributed by atoms with van der Waals surface area (Å²) in [5.41, 5.74) is 1.10. The van der Waals surface area contributed by atoms with E-state index < -0.39 is 0 Å². The molecule has 1 aliphatic rings. The number of aliphatic imine (C=N–C) groups is 1. The van der Waals surface area contributed by atoms with Crippen LogP contribution in [0.25, 0.3) is 0 Å². The molecule has 1 aliphatic heterocycles. The molecule has 33 heavy (non-hydrogen) atoms. The molecule has 0 atom stereocenters. The molecule has 0 bridgehead atoms. The van der Waals surface area contributed by atoms with Crippen molar-refractivity contribution in [1.29, 1.82) is 0 Å². The van der Waals surface area contributed by atoms with Crippen LogP contribution in [0.4, 0.5) is 0 Å². The van der Waals surface area contributed by atoms with Gasteiger partial charge in [-0.3, -0.25) is 0 Å². The smallest absolute Gasteiger partial charge is 0.193 e. The molecular weight excluding hydrogens is 531 g/mol. The van der Waals surface area contributed by atoms with Crippen molar-refractivity contribution in [3.8, 4) is 11.5 Å². The first kappa shape index (κ1) is 29.8. The number of nitrogens with one attached hydrogen (secondary N) is 1. The number of rotatable bonds is 13. The third-order valence-corrected chi connectivity index (χ3v) is 6.11. The van der Waals surface area contributed by atoms with Crippen molar-refractivity contribution in [2.45, 2.75) is 46.6 Å². The first-order valence-corrected chi connectivity index (χ1v) is 12.2. The molecule has 2 rings (SSSR count). The summed E-state index contributed by atoms with van der Waals surface area (Å²) in [4.78, 5) is 9.44. The highest BCUT2D eigenvalue weighted by atomic mass is 127. The molecule has 0 aromatic heterocycles. The van der Waals surface area contributed by atoms with E-state index in [0.29, 0.717) is 13.2 Å². The van der Waals surface area contributed by atoms with Crippen LogP contribution in [0.1, 0.15) is 45.6 Å². The van der Waals surface area contributed by atoms with Crippen LogP contribution in [0.5, 0.6) is 11.5 Å². The molecule has 8 heteroatoms. The molecule has 1 saturated heterocycles. The number of hydrogen-bond donors (Lipinski definition) is 1. The maximum atomic E-state index is 5.98. The topological polar surface area (TPSA) is 58.6 Å². The third-order valence-electron chi connectivity index (χ3n) is 6.11. The summed E-state index contributed by atoms with van der Waals surface area (Å²) in [5, 5.41) is 3.42. The summed E-state index contributed by atoms with van der Waals surface area (Å²) < 4.78 is 17.0. The largest absolute Gasteiger partial charge is 0.493 e. The minimum absolute atomic E-state index is 0. The van der Waals surface area contributed by atoms with Gasteiger partial charge in [0.2, 0.25) is 0 Å². The minimum atomic E-state index is 0. The zero-order valence-electron chi connectivity index (χ0n) is 21.3. The van der Waals surface area contributed by atoms with Gasteiger partial charge >= 0.3 is 0 Å². The fourth-order valence-electron chi connectivity index (χ4n) is 3.91. The molecule has 0 amide bonds. The quantitative estimate of drug-likeness (QED) is 0.215. The molecule has 1 fully saturated rings. The van der Waals surface area contributed by atoms with Gasteiger partial charge in [0.05, 0.1) is 13.7 Å². The lowest BCUT2D eigenvalue weighted by molar-refractivity contribution is 0.0625. The van der Waals surface area contributed by atoms with Crippen molar-refractivity contribution in [2.24, 2.45) is 10.9 Å². The average Bonchev–Trinajstić information content (AvgIpc) is 2.84. The van der Waals surface area contributed by atoms with Crippen LogP contribution in [-0.4, -0.2) is 82.5 Å². The Morgan fingerprint density at radius 1 is 1.12 bits per heavy atom. The second-order valence-corrected chi connectivity index (χ2v) is 8.30. The van der Waals surface area contributed by atoms with Crippen LogP contribution in [0.2, 0.25) is 0 Å². The van der Waals surface area contributed by atoms with Gasteiger partial charge in [-0.15, -0.1) is 24.0 Å². The Bertz CT molecular complexity index is 680. The number of nitrogens with zero attached hydrogens (tertiary/aromatic N) is 3. The Hall–Kier alpha value is -1.26. The van der Waals surface area contributed by atoms with Crippen LogP contribution >= 0.6 is 24.0 Å². The minimum Gasteiger partial charge on any atom is -0.493 e. The van der Waals surface area contributed by atoms with Crippen molar-refractivity contribution in [3.05, 3.63) is 23.8 Å². The molecular formula is C25H45IN4O3. The Morgan fingerprint density at radius 3 is 2.48 bits per heavy atom. The zero-order valence-corrected chi connectivity index (χ0v) is 23.6. The molecule has 7 nitrogen and oxygen atoms in total. The van der Waals surface area contributed by atoms with Gasteiger partial charge < -0.3 is 29.3 Å². The molecule has 0 spiro atoms. The summed E-state index contributed by atoms with van der Waals surface area (Å²) in [6.07, 6.45) is 3.52. The number of likely N-dealkylation sites (N-methyl/N-ethyl adjacent to an activating group) is 1. The van der Waals surface area contributed by atoms with E-state index in [4.69, 9.17) is 19.2 Å². The second kappa shape index (κ2) is 17.2. The van der Waals surface area contributed by atoms with E-state index in [9.17, 15) is 0 Å². The maximum Gasteiger partial charge on any atom is 0.193 e. The standard InChI is InChI=1S/C25H44N4O3.HI/c1-6-26-25(28(4)14-11-21-12-16-31-17-13-21)27-20-22-9-10-23(24(19-22)30-5)32-18-15-29(7-2)8-3;/h9-10,19,21H,6-8,11-18,20H2,1-5H3,(H,26,27);1H. The fourth-order valence-corrected chi connectivity index (χ4v) is 3.91. The second-order valence-electron chi connectivity index (χ2n) is 8.30. The highest BCUT2D eigenvalue weighted by Gasteiger charge is 2.15. The zero-order chi connectivity index (χ0) is 23.2. The maximum absolute atomic E-state index is 5.98. The van der Waals surface area contributed by atoms with Gasteiger partial charge in [-0.2, -0.15) is 0 Å². The monoisotopic (exact) mass is 576 g/mol. The predicted molar refractivity (Wildman–Crippen MR) is 147 cm³/mol. The number of halogens is 1. The number of methoxy groups -OCH3 is 1. The molecule has 190 valence electrons. The first-order valence-electron chi connectivity index (χ1n) is 12.2. The summed E-state index contributed by atoms with van der Waals surface area (Å²) in [6, 6.07) is 6.10. The van der Waals surface area contributed by atoms with Crippen LogP contribution < -0.4 is 14.8 Å². The van der Waals surface area contributed by atoms with E-state index in [2.05, 4.69) is 49.0 Å². The van der Waals surface area contributed by atoms with Crippen LogP contribution in [0.3, 0.4) is 0 Å². The summed E-state index contributed by atoms with van der Waals surface area (Å²) in [7, 11) is 3.81. The fraction of sp³-hybridized carbons (Fsp3) is 0.720. The van der Waals surface area contributed by atoms with Gasteiger partial charge in [0, 0.05) is 39.9 Å². The Labute approximate surface area is 218 Å². The van der Waals surface area contributed by atoms with E-state index in [0.717, 1.165) is 74.9 Å². The highest BCUT2D eigenvalue weighted by Crippen LogP contribution is 2.28. The lowest BCUT2D eigenvalue weighted by atomic mass is 9.96. The van der Waals surface area contributed by atoms with Crippen LogP contribution in [0.15, 0.2) is 23.2 Å². The molecule has 1 heterocycles. The molecule has 0 radical (unpaired) electrons. The summed E-state index contributed by atoms with van der Waals surface area (Å²) >= 11 is 0. The van der Waals surface area contributed by atoms with Gasteiger partial charge in [-0.1, -0.05) is 19.9 Å². The number of hydrogen-bond acceptors (Lipinski definition) is 5. The number of ether oxygens (including phenoxy) is 3. The molecule has 1 aromatic rings. The van der Waals surface area contributed by atoms with Gasteiger partial charge in [0.25, 0.3) is 0 Å². The summed E-state index contributed by atoms with van der Waals surface area (Å²) in [6.45, 7) is 14.3. The van der Waals surface area contributed by atoms with E-state index in [1.165, 1.54) is 19.3 Å². The van der Waals surface area contributed by atoms with Crippen molar-refractivity contribution < 1.29 is 14.2 Å². The van der Waals surface area contributed by atoms with E-state index in [1.807, 2.05) is 12.1 Å². The van der Waals surface area contributed by atoms with E-state index >= 15 is 0 Å². The molecule has 1 aromatic carbocycles. The first-order chi connectivity index (χ1) is 15.6. The van der Waals surface area contributed by atoms with E-state index in [-0.39, 0.29) is 24.0 Å². The van der Waals surface area contributed by atoms with Crippen molar-refractivity contribution >= 4 is 29.9 Å². The lowest BCUT2D eigenvalue weighted by Crippen LogP contribution is -2.40. The number of benzene rings is 1. The SMILES string of the molecule is CCNC(=NCc1ccc(OCCN(CC)CC)c(OC)c1)N(C)CCC1CCOCC1.I. The predicted octanol–water partition coefficient (Wildman–Crippen LogP) is 4.25. The Morgan fingerprint density at radius 2 is 1.85 bits per heavy atom. The van der Waals surface area contributed by atoms with Crippen molar-refractivity contribution in [3.63, 3.8) is 0 Å².